The molecule has 1 aromatic carbocycles. The van der Waals surface area contributed by atoms with Crippen LogP contribution in [0.5, 0.6) is 5.75 Å². The number of sulfonamides is 1. The third kappa shape index (κ3) is 2.59. The molecule has 0 fully saturated rings. The second-order valence-corrected chi connectivity index (χ2v) is 4.44. The molecule has 6 heteroatoms. The van der Waals surface area contributed by atoms with Crippen LogP contribution in [0.15, 0.2) is 18.2 Å². The summed E-state index contributed by atoms with van der Waals surface area (Å²) in [6.45, 7) is 0. The van der Waals surface area contributed by atoms with Gasteiger partial charge in [0.05, 0.1) is 19.1 Å². The van der Waals surface area contributed by atoms with Crippen LogP contribution in [-0.4, -0.2) is 21.8 Å². The number of hydrogen-bond donors (Lipinski definition) is 1. The molecular formula is C8H10FNO3S. The summed E-state index contributed by atoms with van der Waals surface area (Å²) < 4.78 is 41.8. The van der Waals surface area contributed by atoms with Gasteiger partial charge in [-0.05, 0) is 12.1 Å². The Balaban J connectivity index is 3.10. The topological polar surface area (TPSA) is 55.4 Å². The summed E-state index contributed by atoms with van der Waals surface area (Å²) >= 11 is 0. The average Bonchev–Trinajstić information content (AvgIpc) is 2.06. The summed E-state index contributed by atoms with van der Waals surface area (Å²) in [5.41, 5.74) is -0.119. The normalized spacial score (nSPS) is 11.1. The standard InChI is InChI=1S/C8H10FNO3S/c1-13-7-5-3-4-6(8(7)9)10-14(2,11)12/h3-5,10H,1-2H3. The number of hydrogen-bond acceptors (Lipinski definition) is 3. The van der Waals surface area contributed by atoms with Crippen molar-refractivity contribution in [2.75, 3.05) is 18.1 Å². The van der Waals surface area contributed by atoms with E-state index in [0.717, 1.165) is 6.26 Å². The molecule has 0 bridgehead atoms. The zero-order valence-electron chi connectivity index (χ0n) is 7.74. The van der Waals surface area contributed by atoms with Gasteiger partial charge in [0.2, 0.25) is 10.0 Å². The van der Waals surface area contributed by atoms with E-state index >= 15 is 0 Å². The SMILES string of the molecule is COc1cccc(NS(C)(=O)=O)c1F. The zero-order chi connectivity index (χ0) is 10.8. The number of anilines is 1. The molecule has 1 rings (SSSR count). The molecule has 0 saturated carbocycles. The van der Waals surface area contributed by atoms with Crippen LogP contribution in [0.1, 0.15) is 0 Å². The van der Waals surface area contributed by atoms with E-state index in [-0.39, 0.29) is 11.4 Å². The van der Waals surface area contributed by atoms with Crippen molar-refractivity contribution in [2.24, 2.45) is 0 Å². The van der Waals surface area contributed by atoms with E-state index in [1.807, 2.05) is 4.72 Å². The van der Waals surface area contributed by atoms with E-state index in [1.165, 1.54) is 25.3 Å². The minimum atomic E-state index is -3.47. The predicted molar refractivity (Wildman–Crippen MR) is 51.4 cm³/mol. The quantitative estimate of drug-likeness (QED) is 0.831. The molecule has 14 heavy (non-hydrogen) atoms. The maximum Gasteiger partial charge on any atom is 0.229 e. The van der Waals surface area contributed by atoms with Gasteiger partial charge in [-0.1, -0.05) is 6.07 Å². The summed E-state index contributed by atoms with van der Waals surface area (Å²) in [7, 11) is -2.16. The highest BCUT2D eigenvalue weighted by molar-refractivity contribution is 7.92. The molecule has 1 aromatic rings. The van der Waals surface area contributed by atoms with E-state index in [0.29, 0.717) is 0 Å². The van der Waals surface area contributed by atoms with Crippen molar-refractivity contribution < 1.29 is 17.5 Å². The van der Waals surface area contributed by atoms with Crippen molar-refractivity contribution >= 4 is 15.7 Å². The van der Waals surface area contributed by atoms with Gasteiger partial charge in [0.1, 0.15) is 0 Å². The Morgan fingerprint density at radius 1 is 1.43 bits per heavy atom. The first-order valence-electron chi connectivity index (χ1n) is 3.74. The molecule has 0 aliphatic rings. The summed E-state index contributed by atoms with van der Waals surface area (Å²) in [6.07, 6.45) is 0.950. The lowest BCUT2D eigenvalue weighted by Crippen LogP contribution is -2.11. The molecule has 0 saturated heterocycles. The molecule has 0 aromatic heterocycles. The Hall–Kier alpha value is -1.30. The van der Waals surface area contributed by atoms with E-state index in [4.69, 9.17) is 4.74 Å². The number of methoxy groups -OCH3 is 1. The minimum absolute atomic E-state index is 0.00125. The van der Waals surface area contributed by atoms with Crippen LogP contribution in [0.25, 0.3) is 0 Å². The molecule has 0 unspecified atom stereocenters. The van der Waals surface area contributed by atoms with Crippen LogP contribution in [-0.2, 0) is 10.0 Å². The highest BCUT2D eigenvalue weighted by Crippen LogP contribution is 2.24. The molecule has 0 spiro atoms. The van der Waals surface area contributed by atoms with Gasteiger partial charge in [0.15, 0.2) is 11.6 Å². The smallest absolute Gasteiger partial charge is 0.229 e. The number of halogens is 1. The van der Waals surface area contributed by atoms with Crippen LogP contribution in [0, 0.1) is 5.82 Å². The van der Waals surface area contributed by atoms with Crippen molar-refractivity contribution in [1.82, 2.24) is 0 Å². The van der Waals surface area contributed by atoms with Crippen LogP contribution < -0.4 is 9.46 Å². The fourth-order valence-electron chi connectivity index (χ4n) is 0.947. The summed E-state index contributed by atoms with van der Waals surface area (Å²) in [4.78, 5) is 0. The van der Waals surface area contributed by atoms with E-state index < -0.39 is 15.8 Å². The molecule has 0 atom stereocenters. The van der Waals surface area contributed by atoms with Crippen molar-refractivity contribution in [2.45, 2.75) is 0 Å². The fraction of sp³-hybridized carbons (Fsp3) is 0.250. The molecule has 78 valence electrons. The second kappa shape index (κ2) is 3.83. The van der Waals surface area contributed by atoms with Gasteiger partial charge in [0.25, 0.3) is 0 Å². The first-order valence-corrected chi connectivity index (χ1v) is 5.63. The Bertz CT molecular complexity index is 430. The molecular weight excluding hydrogens is 209 g/mol. The highest BCUT2D eigenvalue weighted by Gasteiger charge is 2.11. The van der Waals surface area contributed by atoms with Gasteiger partial charge in [-0.3, -0.25) is 4.72 Å². The van der Waals surface area contributed by atoms with E-state index in [1.54, 1.807) is 0 Å². The lowest BCUT2D eigenvalue weighted by atomic mass is 10.3. The van der Waals surface area contributed by atoms with Crippen molar-refractivity contribution in [3.8, 4) is 5.75 Å². The summed E-state index contributed by atoms with van der Waals surface area (Å²) in [5.74, 6) is -0.723. The van der Waals surface area contributed by atoms with Crippen LogP contribution in [0.2, 0.25) is 0 Å². The number of nitrogens with one attached hydrogen (secondary N) is 1. The average molecular weight is 219 g/mol. The number of benzene rings is 1. The van der Waals surface area contributed by atoms with Crippen molar-refractivity contribution in [3.63, 3.8) is 0 Å². The zero-order valence-corrected chi connectivity index (χ0v) is 8.56. The minimum Gasteiger partial charge on any atom is -0.494 e. The first kappa shape index (κ1) is 10.8. The Morgan fingerprint density at radius 2 is 2.07 bits per heavy atom. The van der Waals surface area contributed by atoms with Crippen molar-refractivity contribution in [3.05, 3.63) is 24.0 Å². The largest absolute Gasteiger partial charge is 0.494 e. The third-order valence-electron chi connectivity index (χ3n) is 1.48. The molecule has 0 aliphatic carbocycles. The summed E-state index contributed by atoms with van der Waals surface area (Å²) in [5, 5.41) is 0. The van der Waals surface area contributed by atoms with Gasteiger partial charge in [-0.25, -0.2) is 12.8 Å². The fourth-order valence-corrected chi connectivity index (χ4v) is 1.50. The lowest BCUT2D eigenvalue weighted by Gasteiger charge is -2.07. The number of ether oxygens (including phenoxy) is 1. The third-order valence-corrected chi connectivity index (χ3v) is 2.07. The lowest BCUT2D eigenvalue weighted by molar-refractivity contribution is 0.387. The Kier molecular flexibility index (Phi) is 2.95. The van der Waals surface area contributed by atoms with Gasteiger partial charge in [-0.15, -0.1) is 0 Å². The molecule has 0 radical (unpaired) electrons. The van der Waals surface area contributed by atoms with Crippen LogP contribution in [0.3, 0.4) is 0 Å². The summed E-state index contributed by atoms with van der Waals surface area (Å²) in [6, 6.07) is 4.22. The van der Waals surface area contributed by atoms with Gasteiger partial charge in [0, 0.05) is 0 Å². The molecule has 4 nitrogen and oxygen atoms in total. The maximum absolute atomic E-state index is 13.4. The Labute approximate surface area is 81.8 Å². The van der Waals surface area contributed by atoms with Gasteiger partial charge >= 0.3 is 0 Å². The molecule has 0 heterocycles. The highest BCUT2D eigenvalue weighted by atomic mass is 32.2. The predicted octanol–water partition coefficient (Wildman–Crippen LogP) is 1.21. The van der Waals surface area contributed by atoms with E-state index in [9.17, 15) is 12.8 Å². The molecule has 0 aliphatic heterocycles. The Morgan fingerprint density at radius 3 is 2.57 bits per heavy atom. The molecule has 0 amide bonds. The van der Waals surface area contributed by atoms with Crippen LogP contribution >= 0.6 is 0 Å². The number of rotatable bonds is 3. The van der Waals surface area contributed by atoms with Crippen LogP contribution in [0.4, 0.5) is 10.1 Å². The maximum atomic E-state index is 13.4. The van der Waals surface area contributed by atoms with Gasteiger partial charge < -0.3 is 4.74 Å². The first-order chi connectivity index (χ1) is 6.44. The molecule has 1 N–H and O–H groups in total. The van der Waals surface area contributed by atoms with E-state index in [2.05, 4.69) is 0 Å². The second-order valence-electron chi connectivity index (χ2n) is 2.70. The van der Waals surface area contributed by atoms with Crippen molar-refractivity contribution in [1.29, 1.82) is 0 Å². The monoisotopic (exact) mass is 219 g/mol. The van der Waals surface area contributed by atoms with Gasteiger partial charge in [-0.2, -0.15) is 0 Å².